The number of nitrogens with zero attached hydrogens (tertiary/aromatic N) is 1. The number of hydrogen-bond donors (Lipinski definition) is 1. The summed E-state index contributed by atoms with van der Waals surface area (Å²) >= 11 is 0. The molecule has 0 spiro atoms. The van der Waals surface area contributed by atoms with E-state index in [-0.39, 0.29) is 16.7 Å². The van der Waals surface area contributed by atoms with Crippen LogP contribution in [0.25, 0.3) is 5.57 Å². The molecule has 0 bridgehead atoms. The Morgan fingerprint density at radius 2 is 1.89 bits per heavy atom. The van der Waals surface area contributed by atoms with Gasteiger partial charge in [-0.25, -0.2) is 8.78 Å². The zero-order valence-corrected chi connectivity index (χ0v) is 15.8. The monoisotopic (exact) mass is 398 g/mol. The average Bonchev–Trinajstić information content (AvgIpc) is 2.59. The van der Waals surface area contributed by atoms with Gasteiger partial charge in [-0.1, -0.05) is 31.4 Å². The predicted octanol–water partition coefficient (Wildman–Crippen LogP) is 7.11. The summed E-state index contributed by atoms with van der Waals surface area (Å²) in [6.07, 6.45) is -4.37. The van der Waals surface area contributed by atoms with E-state index in [2.05, 4.69) is 30.0 Å². The van der Waals surface area contributed by atoms with Gasteiger partial charge in [0.1, 0.15) is 12.4 Å². The van der Waals surface area contributed by atoms with Crippen molar-refractivity contribution in [2.45, 2.75) is 32.6 Å². The molecule has 1 unspecified atom stereocenters. The first-order valence-electron chi connectivity index (χ1n) is 8.39. The second-order valence-electron chi connectivity index (χ2n) is 6.23. The molecular formula is C21H23F5N2. The lowest BCUT2D eigenvalue weighted by atomic mass is 9.98. The molecule has 0 saturated carbocycles. The van der Waals surface area contributed by atoms with E-state index in [1.165, 1.54) is 25.1 Å². The Bertz CT molecular complexity index is 804. The van der Waals surface area contributed by atoms with Gasteiger partial charge in [-0.05, 0) is 43.2 Å². The lowest BCUT2D eigenvalue weighted by Crippen LogP contribution is -2.10. The summed E-state index contributed by atoms with van der Waals surface area (Å²) < 4.78 is 65.9. The molecule has 1 aromatic carbocycles. The van der Waals surface area contributed by atoms with Gasteiger partial charge in [-0.3, -0.25) is 4.99 Å². The quantitative estimate of drug-likeness (QED) is 0.204. The van der Waals surface area contributed by atoms with Gasteiger partial charge in [0, 0.05) is 29.6 Å². The Morgan fingerprint density at radius 1 is 1.25 bits per heavy atom. The van der Waals surface area contributed by atoms with Crippen LogP contribution in [0.1, 0.15) is 37.6 Å². The third-order valence-electron chi connectivity index (χ3n) is 3.58. The van der Waals surface area contributed by atoms with Crippen molar-refractivity contribution in [3.63, 3.8) is 0 Å². The standard InChI is InChI=1S/C21H23F5N2/c1-6-27-20(21(24,25)26)10-14(4)17-11-16(18(23)12-22)7-8-19(17)28-15(5)9-13(2)3/h6-8,10-11,18,28H,2,4-5,9,12H2,1,3H3/b20-10-,27-6-. The van der Waals surface area contributed by atoms with Gasteiger partial charge in [0.05, 0.1) is 0 Å². The molecule has 0 aliphatic rings. The van der Waals surface area contributed by atoms with E-state index in [1.807, 2.05) is 0 Å². The highest BCUT2D eigenvalue weighted by molar-refractivity contribution is 5.82. The van der Waals surface area contributed by atoms with Crippen molar-refractivity contribution < 1.29 is 22.0 Å². The minimum absolute atomic E-state index is 0.00401. The number of nitrogens with one attached hydrogen (secondary N) is 1. The number of hydrogen-bond acceptors (Lipinski definition) is 2. The minimum Gasteiger partial charge on any atom is -0.359 e. The van der Waals surface area contributed by atoms with E-state index in [4.69, 9.17) is 0 Å². The number of alkyl halides is 5. The maximum Gasteiger partial charge on any atom is 0.433 e. The van der Waals surface area contributed by atoms with Gasteiger partial charge in [-0.15, -0.1) is 0 Å². The molecule has 0 aliphatic heterocycles. The highest BCUT2D eigenvalue weighted by atomic mass is 19.4. The smallest absolute Gasteiger partial charge is 0.359 e. The van der Waals surface area contributed by atoms with E-state index in [0.717, 1.165) is 17.9 Å². The number of halogens is 5. The molecule has 152 valence electrons. The van der Waals surface area contributed by atoms with Crippen molar-refractivity contribution in [2.75, 3.05) is 12.0 Å². The Morgan fingerprint density at radius 3 is 2.39 bits per heavy atom. The Hall–Kier alpha value is -2.70. The van der Waals surface area contributed by atoms with Crippen LogP contribution in [0.3, 0.4) is 0 Å². The summed E-state index contributed by atoms with van der Waals surface area (Å²) in [5.74, 6) is 0. The average molecular weight is 398 g/mol. The zero-order chi connectivity index (χ0) is 21.5. The molecule has 1 atom stereocenters. The van der Waals surface area contributed by atoms with Crippen LogP contribution in [0.2, 0.25) is 0 Å². The summed E-state index contributed by atoms with van der Waals surface area (Å²) in [5.41, 5.74) is 0.704. The number of allylic oxidation sites excluding steroid dienone is 4. The molecular weight excluding hydrogens is 375 g/mol. The maximum atomic E-state index is 13.8. The van der Waals surface area contributed by atoms with Gasteiger partial charge in [-0.2, -0.15) is 13.2 Å². The fourth-order valence-corrected chi connectivity index (χ4v) is 2.39. The topological polar surface area (TPSA) is 24.4 Å². The zero-order valence-electron chi connectivity index (χ0n) is 15.8. The van der Waals surface area contributed by atoms with Crippen molar-refractivity contribution in [3.05, 3.63) is 72.1 Å². The first-order chi connectivity index (χ1) is 13.0. The van der Waals surface area contributed by atoms with Crippen LogP contribution in [0, 0.1) is 0 Å². The molecule has 1 aromatic rings. The summed E-state index contributed by atoms with van der Waals surface area (Å²) in [5, 5.41) is 2.97. The Kier molecular flexibility index (Phi) is 8.35. The second kappa shape index (κ2) is 10.0. The number of aliphatic imine (C=N–C) groups is 1. The summed E-state index contributed by atoms with van der Waals surface area (Å²) in [7, 11) is 0. The van der Waals surface area contributed by atoms with Crippen molar-refractivity contribution >= 4 is 17.5 Å². The Balaban J connectivity index is 3.43. The normalized spacial score (nSPS) is 13.5. The van der Waals surface area contributed by atoms with Gasteiger partial charge < -0.3 is 5.32 Å². The molecule has 28 heavy (non-hydrogen) atoms. The predicted molar refractivity (Wildman–Crippen MR) is 106 cm³/mol. The summed E-state index contributed by atoms with van der Waals surface area (Å²) in [6, 6.07) is 4.07. The first kappa shape index (κ1) is 23.3. The fraction of sp³-hybridized carbons (Fsp3) is 0.286. The van der Waals surface area contributed by atoms with E-state index in [9.17, 15) is 22.0 Å². The molecule has 1 N–H and O–H groups in total. The molecule has 0 saturated heterocycles. The highest BCUT2D eigenvalue weighted by Gasteiger charge is 2.33. The van der Waals surface area contributed by atoms with Crippen LogP contribution in [-0.4, -0.2) is 19.1 Å². The molecule has 0 heterocycles. The van der Waals surface area contributed by atoms with Gasteiger partial charge in [0.15, 0.2) is 6.17 Å². The Labute approximate surface area is 161 Å². The third kappa shape index (κ3) is 6.79. The largest absolute Gasteiger partial charge is 0.433 e. The number of rotatable bonds is 9. The van der Waals surface area contributed by atoms with E-state index in [1.54, 1.807) is 6.92 Å². The lowest BCUT2D eigenvalue weighted by molar-refractivity contribution is -0.0922. The van der Waals surface area contributed by atoms with Crippen LogP contribution in [0.4, 0.5) is 27.6 Å². The van der Waals surface area contributed by atoms with Crippen molar-refractivity contribution in [2.24, 2.45) is 4.99 Å². The first-order valence-corrected chi connectivity index (χ1v) is 8.39. The van der Waals surface area contributed by atoms with Crippen molar-refractivity contribution in [1.82, 2.24) is 0 Å². The van der Waals surface area contributed by atoms with Crippen molar-refractivity contribution in [3.8, 4) is 0 Å². The summed E-state index contributed by atoms with van der Waals surface area (Å²) in [6.45, 7) is 13.2. The number of benzene rings is 1. The van der Waals surface area contributed by atoms with E-state index in [0.29, 0.717) is 17.8 Å². The van der Waals surface area contributed by atoms with Crippen LogP contribution in [0.5, 0.6) is 0 Å². The summed E-state index contributed by atoms with van der Waals surface area (Å²) in [4.78, 5) is 3.33. The van der Waals surface area contributed by atoms with Gasteiger partial charge in [0.25, 0.3) is 0 Å². The molecule has 0 aromatic heterocycles. The molecule has 2 nitrogen and oxygen atoms in total. The van der Waals surface area contributed by atoms with Crippen molar-refractivity contribution in [1.29, 1.82) is 0 Å². The van der Waals surface area contributed by atoms with E-state index >= 15 is 0 Å². The third-order valence-corrected chi connectivity index (χ3v) is 3.58. The number of anilines is 1. The van der Waals surface area contributed by atoms with E-state index < -0.39 is 24.7 Å². The molecule has 0 radical (unpaired) electrons. The van der Waals surface area contributed by atoms with Crippen LogP contribution < -0.4 is 5.32 Å². The van der Waals surface area contributed by atoms with Gasteiger partial charge in [0.2, 0.25) is 0 Å². The SMILES string of the molecule is C=C(C)CC(=C)Nc1ccc(C(F)CF)cc1C(=C)/C=C(\N=C/C)C(F)(F)F. The molecule has 0 aliphatic carbocycles. The molecule has 0 amide bonds. The second-order valence-corrected chi connectivity index (χ2v) is 6.23. The molecule has 7 heteroatoms. The van der Waals surface area contributed by atoms with Crippen LogP contribution in [0.15, 0.2) is 66.0 Å². The minimum atomic E-state index is -4.69. The fourth-order valence-electron chi connectivity index (χ4n) is 2.39. The van der Waals surface area contributed by atoms with Crippen LogP contribution >= 0.6 is 0 Å². The van der Waals surface area contributed by atoms with Gasteiger partial charge >= 0.3 is 6.18 Å². The highest BCUT2D eigenvalue weighted by Crippen LogP contribution is 2.34. The molecule has 0 fully saturated rings. The molecule has 1 rings (SSSR count). The maximum absolute atomic E-state index is 13.8. The van der Waals surface area contributed by atoms with Crippen LogP contribution in [-0.2, 0) is 0 Å². The lowest BCUT2D eigenvalue weighted by Gasteiger charge is -2.17.